The summed E-state index contributed by atoms with van der Waals surface area (Å²) in [6.07, 6.45) is 0. The zero-order valence-electron chi connectivity index (χ0n) is 11.2. The van der Waals surface area contributed by atoms with Gasteiger partial charge in [-0.15, -0.1) is 0 Å². The molecule has 5 heteroatoms. The van der Waals surface area contributed by atoms with Gasteiger partial charge in [0.2, 0.25) is 0 Å². The number of nitrogens with zero attached hydrogens (tertiary/aromatic N) is 1. The minimum absolute atomic E-state index is 0.229. The van der Waals surface area contributed by atoms with Crippen LogP contribution in [0.3, 0.4) is 0 Å². The average molecular weight is 263 g/mol. The van der Waals surface area contributed by atoms with Crippen molar-refractivity contribution in [2.45, 2.75) is 20.8 Å². The number of hydrogen-bond acceptors (Lipinski definition) is 4. The molecule has 0 amide bonds. The van der Waals surface area contributed by atoms with E-state index in [0.717, 1.165) is 19.7 Å². The van der Waals surface area contributed by atoms with Gasteiger partial charge in [0.05, 0.1) is 18.1 Å². The Bertz CT molecular complexity index is 314. The Morgan fingerprint density at radius 3 is 2.76 bits per heavy atom. The molecule has 0 saturated carbocycles. The van der Waals surface area contributed by atoms with Gasteiger partial charge in [0.15, 0.2) is 9.84 Å². The summed E-state index contributed by atoms with van der Waals surface area (Å²) < 4.78 is 28.7. The van der Waals surface area contributed by atoms with Gasteiger partial charge in [-0.25, -0.2) is 8.42 Å². The largest absolute Gasteiger partial charge is 0.380 e. The van der Waals surface area contributed by atoms with Crippen LogP contribution in [-0.4, -0.2) is 57.7 Å². The van der Waals surface area contributed by atoms with Crippen LogP contribution in [0.25, 0.3) is 0 Å². The van der Waals surface area contributed by atoms with E-state index in [1.54, 1.807) is 0 Å². The van der Waals surface area contributed by atoms with Gasteiger partial charge >= 0.3 is 0 Å². The summed E-state index contributed by atoms with van der Waals surface area (Å²) in [4.78, 5) is 2.20. The molecule has 0 aliphatic carbocycles. The van der Waals surface area contributed by atoms with Gasteiger partial charge in [-0.3, -0.25) is 4.90 Å². The van der Waals surface area contributed by atoms with Gasteiger partial charge in [-0.2, -0.15) is 0 Å². The molecule has 0 spiro atoms. The lowest BCUT2D eigenvalue weighted by Crippen LogP contribution is -2.32. The van der Waals surface area contributed by atoms with Crippen LogP contribution in [-0.2, 0) is 14.6 Å². The van der Waals surface area contributed by atoms with Crippen LogP contribution in [0.2, 0.25) is 0 Å². The van der Waals surface area contributed by atoms with Crippen molar-refractivity contribution in [2.75, 3.05) is 44.4 Å². The molecule has 1 rings (SSSR count). The zero-order chi connectivity index (χ0) is 12.9. The van der Waals surface area contributed by atoms with Crippen molar-refractivity contribution in [3.05, 3.63) is 0 Å². The molecule has 102 valence electrons. The van der Waals surface area contributed by atoms with E-state index in [1.807, 2.05) is 6.92 Å². The molecule has 1 atom stereocenters. The third kappa shape index (κ3) is 6.38. The van der Waals surface area contributed by atoms with Crippen molar-refractivity contribution in [2.24, 2.45) is 11.8 Å². The summed E-state index contributed by atoms with van der Waals surface area (Å²) in [5.74, 6) is 1.41. The van der Waals surface area contributed by atoms with Gasteiger partial charge in [0, 0.05) is 26.2 Å². The van der Waals surface area contributed by atoms with Crippen molar-refractivity contribution < 1.29 is 13.2 Å². The van der Waals surface area contributed by atoms with Gasteiger partial charge in [-0.05, 0) is 11.8 Å². The molecule has 17 heavy (non-hydrogen) atoms. The minimum atomic E-state index is -2.83. The first-order chi connectivity index (χ1) is 7.89. The van der Waals surface area contributed by atoms with Crippen LogP contribution in [0.5, 0.6) is 0 Å². The lowest BCUT2D eigenvalue weighted by Gasteiger charge is -2.21. The SMILES string of the molecule is CC(C)COCCN1CCS(=O)(=O)C[C@@H](C)C1. The number of ether oxygens (including phenoxy) is 1. The van der Waals surface area contributed by atoms with Crippen LogP contribution >= 0.6 is 0 Å². The molecule has 1 saturated heterocycles. The summed E-state index contributed by atoms with van der Waals surface area (Å²) >= 11 is 0. The lowest BCUT2D eigenvalue weighted by atomic mass is 10.2. The maximum absolute atomic E-state index is 11.6. The summed E-state index contributed by atoms with van der Waals surface area (Å²) in [7, 11) is -2.83. The molecule has 0 aromatic heterocycles. The van der Waals surface area contributed by atoms with E-state index in [4.69, 9.17) is 4.74 Å². The fourth-order valence-corrected chi connectivity index (χ4v) is 3.76. The van der Waals surface area contributed by atoms with Crippen LogP contribution < -0.4 is 0 Å². The van der Waals surface area contributed by atoms with E-state index in [9.17, 15) is 8.42 Å². The number of hydrogen-bond donors (Lipinski definition) is 0. The zero-order valence-corrected chi connectivity index (χ0v) is 12.0. The molecule has 0 N–H and O–H groups in total. The summed E-state index contributed by atoms with van der Waals surface area (Å²) in [5, 5.41) is 0. The van der Waals surface area contributed by atoms with E-state index in [-0.39, 0.29) is 5.92 Å². The van der Waals surface area contributed by atoms with Crippen molar-refractivity contribution in [1.29, 1.82) is 0 Å². The van der Waals surface area contributed by atoms with Crippen LogP contribution in [0, 0.1) is 11.8 Å². The molecular formula is C12H25NO3S. The summed E-state index contributed by atoms with van der Waals surface area (Å²) in [6, 6.07) is 0. The highest BCUT2D eigenvalue weighted by molar-refractivity contribution is 7.91. The average Bonchev–Trinajstić information content (AvgIpc) is 2.31. The molecule has 1 fully saturated rings. The van der Waals surface area contributed by atoms with E-state index in [2.05, 4.69) is 18.7 Å². The monoisotopic (exact) mass is 263 g/mol. The maximum Gasteiger partial charge on any atom is 0.151 e. The van der Waals surface area contributed by atoms with Crippen LogP contribution in [0.4, 0.5) is 0 Å². The normalized spacial score (nSPS) is 26.0. The quantitative estimate of drug-likeness (QED) is 0.695. The first-order valence-corrected chi connectivity index (χ1v) is 8.21. The summed E-state index contributed by atoms with van der Waals surface area (Å²) in [6.45, 7) is 10.1. The Kier molecular flexibility index (Phi) is 5.89. The molecule has 0 aromatic carbocycles. The third-order valence-corrected chi connectivity index (χ3v) is 4.71. The highest BCUT2D eigenvalue weighted by Gasteiger charge is 2.23. The molecule has 0 aromatic rings. The van der Waals surface area contributed by atoms with Gasteiger partial charge in [0.25, 0.3) is 0 Å². The molecule has 1 heterocycles. The Morgan fingerprint density at radius 1 is 1.41 bits per heavy atom. The highest BCUT2D eigenvalue weighted by atomic mass is 32.2. The van der Waals surface area contributed by atoms with E-state index < -0.39 is 9.84 Å². The molecule has 0 unspecified atom stereocenters. The highest BCUT2D eigenvalue weighted by Crippen LogP contribution is 2.10. The predicted molar refractivity (Wildman–Crippen MR) is 69.9 cm³/mol. The van der Waals surface area contributed by atoms with Crippen molar-refractivity contribution in [3.8, 4) is 0 Å². The molecule has 0 bridgehead atoms. The maximum atomic E-state index is 11.6. The van der Waals surface area contributed by atoms with Gasteiger partial charge in [-0.1, -0.05) is 20.8 Å². The lowest BCUT2D eigenvalue weighted by molar-refractivity contribution is 0.0847. The van der Waals surface area contributed by atoms with Crippen LogP contribution in [0.15, 0.2) is 0 Å². The van der Waals surface area contributed by atoms with E-state index >= 15 is 0 Å². The topological polar surface area (TPSA) is 46.6 Å². The van der Waals surface area contributed by atoms with Crippen molar-refractivity contribution in [3.63, 3.8) is 0 Å². The summed E-state index contributed by atoms with van der Waals surface area (Å²) in [5.41, 5.74) is 0. The first-order valence-electron chi connectivity index (χ1n) is 6.39. The molecular weight excluding hydrogens is 238 g/mol. The van der Waals surface area contributed by atoms with Crippen molar-refractivity contribution >= 4 is 9.84 Å². The second-order valence-electron chi connectivity index (χ2n) is 5.49. The molecule has 0 radical (unpaired) electrons. The second-order valence-corrected chi connectivity index (χ2v) is 7.72. The fourth-order valence-electron chi connectivity index (χ4n) is 2.09. The standard InChI is InChI=1S/C12H25NO3S/c1-11(2)9-16-6-4-13-5-7-17(14,15)10-12(3)8-13/h11-12H,4-10H2,1-3H3/t12-/m0/s1. The fraction of sp³-hybridized carbons (Fsp3) is 1.00. The Morgan fingerprint density at radius 2 is 2.12 bits per heavy atom. The van der Waals surface area contributed by atoms with Crippen LogP contribution in [0.1, 0.15) is 20.8 Å². The van der Waals surface area contributed by atoms with E-state index in [0.29, 0.717) is 30.6 Å². The van der Waals surface area contributed by atoms with Gasteiger partial charge in [0.1, 0.15) is 0 Å². The Balaban J connectivity index is 2.30. The number of rotatable bonds is 5. The van der Waals surface area contributed by atoms with Crippen molar-refractivity contribution in [1.82, 2.24) is 4.90 Å². The first kappa shape index (κ1) is 14.9. The van der Waals surface area contributed by atoms with Gasteiger partial charge < -0.3 is 4.74 Å². The smallest absolute Gasteiger partial charge is 0.151 e. The number of sulfone groups is 1. The predicted octanol–water partition coefficient (Wildman–Crippen LogP) is 1.03. The van der Waals surface area contributed by atoms with E-state index in [1.165, 1.54) is 0 Å². The molecule has 4 nitrogen and oxygen atoms in total. The molecule has 1 aliphatic rings. The Hall–Kier alpha value is -0.130. The Labute approximate surface area is 105 Å². The molecule has 1 aliphatic heterocycles. The second kappa shape index (κ2) is 6.71. The minimum Gasteiger partial charge on any atom is -0.380 e. The third-order valence-electron chi connectivity index (χ3n) is 2.83.